The largest absolute Gasteiger partial charge is 0.752 e. The van der Waals surface area contributed by atoms with E-state index in [9.17, 15) is 40.3 Å². The van der Waals surface area contributed by atoms with E-state index in [1.807, 2.05) is 0 Å². The molecule has 0 spiro atoms. The van der Waals surface area contributed by atoms with E-state index in [0.29, 0.717) is 6.42 Å². The molecule has 144 valence electrons. The molecular formula is C12H11ClF8N3O-. The first-order valence-electron chi connectivity index (χ1n) is 6.63. The molecule has 0 radical (unpaired) electrons. The number of anilines is 1. The summed E-state index contributed by atoms with van der Waals surface area (Å²) in [5, 5.41) is 9.01. The maximum atomic E-state index is 13.6. The van der Waals surface area contributed by atoms with E-state index in [1.54, 1.807) is 6.92 Å². The molecule has 0 saturated heterocycles. The lowest BCUT2D eigenvalue weighted by Gasteiger charge is -2.42. The SMILES string of the molecule is CCCc1c(C)nc(N([O-])C(F)(F)C(F)(F)C(F)(F)C(F)F)nc1Cl. The minimum absolute atomic E-state index is 0.127. The van der Waals surface area contributed by atoms with E-state index in [4.69, 9.17) is 11.6 Å². The van der Waals surface area contributed by atoms with Crippen LogP contribution in [-0.2, 0) is 6.42 Å². The van der Waals surface area contributed by atoms with Crippen LogP contribution in [0.25, 0.3) is 0 Å². The zero-order chi connectivity index (χ0) is 19.8. The van der Waals surface area contributed by atoms with E-state index in [2.05, 4.69) is 9.97 Å². The summed E-state index contributed by atoms with van der Waals surface area (Å²) in [7, 11) is 0. The van der Waals surface area contributed by atoms with Gasteiger partial charge in [-0.1, -0.05) is 24.9 Å². The molecule has 4 nitrogen and oxygen atoms in total. The monoisotopic (exact) mass is 400 g/mol. The van der Waals surface area contributed by atoms with Crippen LogP contribution < -0.4 is 5.06 Å². The van der Waals surface area contributed by atoms with Gasteiger partial charge in [0.2, 0.25) is 5.95 Å². The van der Waals surface area contributed by atoms with Gasteiger partial charge in [-0.3, -0.25) is 0 Å². The number of halogens is 9. The molecule has 13 heteroatoms. The van der Waals surface area contributed by atoms with Crippen molar-refractivity contribution in [3.8, 4) is 0 Å². The highest BCUT2D eigenvalue weighted by molar-refractivity contribution is 6.30. The Morgan fingerprint density at radius 1 is 1.12 bits per heavy atom. The fraction of sp³-hybridized carbons (Fsp3) is 0.667. The highest BCUT2D eigenvalue weighted by Gasteiger charge is 2.76. The zero-order valence-corrected chi connectivity index (χ0v) is 13.4. The van der Waals surface area contributed by atoms with Crippen molar-refractivity contribution in [2.24, 2.45) is 0 Å². The third-order valence-electron chi connectivity index (χ3n) is 3.16. The third-order valence-corrected chi connectivity index (χ3v) is 3.47. The summed E-state index contributed by atoms with van der Waals surface area (Å²) in [5.41, 5.74) is 0.103. The molecule has 0 bridgehead atoms. The van der Waals surface area contributed by atoms with Gasteiger partial charge >= 0.3 is 24.3 Å². The van der Waals surface area contributed by atoms with Gasteiger partial charge in [0.05, 0.1) is 0 Å². The first-order chi connectivity index (χ1) is 11.2. The average Bonchev–Trinajstić information content (AvgIpc) is 2.49. The smallest absolute Gasteiger partial charge is 0.397 e. The molecule has 0 saturated carbocycles. The number of aryl methyl sites for hydroxylation is 1. The molecule has 0 aliphatic heterocycles. The predicted molar refractivity (Wildman–Crippen MR) is 72.5 cm³/mol. The summed E-state index contributed by atoms with van der Waals surface area (Å²) in [6.45, 7) is 2.91. The standard InChI is InChI=1S/C12H11ClF8N3O/c1-3-4-6-5(2)22-9(23-7(6)13)24(25)12(20,21)11(18,19)10(16,17)8(14)15/h8H,3-4H2,1-2H3/q-1. The molecule has 0 unspecified atom stereocenters. The maximum Gasteiger partial charge on any atom is 0.397 e. The molecule has 0 aliphatic carbocycles. The van der Waals surface area contributed by atoms with Gasteiger partial charge in [-0.05, 0) is 13.3 Å². The molecule has 0 amide bonds. The van der Waals surface area contributed by atoms with Gasteiger partial charge in [-0.25, -0.2) is 18.7 Å². The van der Waals surface area contributed by atoms with Crippen LogP contribution in [0.4, 0.5) is 41.1 Å². The van der Waals surface area contributed by atoms with Crippen LogP contribution in [0, 0.1) is 12.1 Å². The van der Waals surface area contributed by atoms with Crippen molar-refractivity contribution in [3.63, 3.8) is 0 Å². The van der Waals surface area contributed by atoms with E-state index >= 15 is 0 Å². The van der Waals surface area contributed by atoms with Crippen molar-refractivity contribution in [2.75, 3.05) is 5.06 Å². The van der Waals surface area contributed by atoms with Crippen molar-refractivity contribution < 1.29 is 35.1 Å². The van der Waals surface area contributed by atoms with Crippen LogP contribution in [0.5, 0.6) is 0 Å². The molecule has 1 aromatic rings. The molecular weight excluding hydrogens is 390 g/mol. The second kappa shape index (κ2) is 7.06. The van der Waals surface area contributed by atoms with Crippen LogP contribution in [0.3, 0.4) is 0 Å². The molecule has 0 aromatic carbocycles. The lowest BCUT2D eigenvalue weighted by atomic mass is 10.1. The van der Waals surface area contributed by atoms with Crippen molar-refractivity contribution >= 4 is 17.5 Å². The third kappa shape index (κ3) is 3.59. The fourth-order valence-corrected chi connectivity index (χ4v) is 2.07. The van der Waals surface area contributed by atoms with Gasteiger partial charge in [0.15, 0.2) is 0 Å². The molecule has 0 N–H and O–H groups in total. The van der Waals surface area contributed by atoms with Gasteiger partial charge in [-0.15, -0.1) is 0 Å². The zero-order valence-electron chi connectivity index (χ0n) is 12.6. The highest BCUT2D eigenvalue weighted by Crippen LogP contribution is 2.50. The Balaban J connectivity index is 3.36. The Bertz CT molecular complexity index is 605. The quantitative estimate of drug-likeness (QED) is 0.285. The number of hydrogen-bond donors (Lipinski definition) is 0. The fourth-order valence-electron chi connectivity index (χ4n) is 1.76. The molecule has 1 aromatic heterocycles. The van der Waals surface area contributed by atoms with Crippen LogP contribution in [0.1, 0.15) is 24.6 Å². The lowest BCUT2D eigenvalue weighted by molar-refractivity contribution is -0.336. The molecule has 25 heavy (non-hydrogen) atoms. The highest BCUT2D eigenvalue weighted by atomic mass is 35.5. The predicted octanol–water partition coefficient (Wildman–Crippen LogP) is 4.82. The van der Waals surface area contributed by atoms with E-state index in [0.717, 1.165) is 0 Å². The number of hydroxylamine groups is 1. The van der Waals surface area contributed by atoms with Gasteiger partial charge < -0.3 is 10.3 Å². The number of hydrogen-bond acceptors (Lipinski definition) is 4. The minimum atomic E-state index is -6.71. The summed E-state index contributed by atoms with van der Waals surface area (Å²) in [6.07, 6.45) is -4.36. The Morgan fingerprint density at radius 3 is 2.04 bits per heavy atom. The summed E-state index contributed by atoms with van der Waals surface area (Å²) in [6, 6.07) is -6.27. The molecule has 0 aliphatic rings. The average molecular weight is 401 g/mol. The van der Waals surface area contributed by atoms with E-state index in [1.165, 1.54) is 6.92 Å². The Morgan fingerprint density at radius 2 is 1.64 bits per heavy atom. The minimum Gasteiger partial charge on any atom is -0.752 e. The summed E-state index contributed by atoms with van der Waals surface area (Å²) >= 11 is 5.65. The van der Waals surface area contributed by atoms with E-state index < -0.39 is 40.5 Å². The van der Waals surface area contributed by atoms with Gasteiger partial charge in [0.1, 0.15) is 5.15 Å². The van der Waals surface area contributed by atoms with Gasteiger partial charge in [0, 0.05) is 11.3 Å². The van der Waals surface area contributed by atoms with Crippen molar-refractivity contribution in [3.05, 3.63) is 21.6 Å². The van der Waals surface area contributed by atoms with Crippen LogP contribution >= 0.6 is 11.6 Å². The maximum absolute atomic E-state index is 13.6. The van der Waals surface area contributed by atoms with Crippen LogP contribution in [0.15, 0.2) is 0 Å². The lowest BCUT2D eigenvalue weighted by Crippen LogP contribution is -2.63. The first-order valence-corrected chi connectivity index (χ1v) is 7.01. The molecule has 1 heterocycles. The number of rotatable bonds is 7. The number of alkyl halides is 8. The van der Waals surface area contributed by atoms with Gasteiger partial charge in [-0.2, -0.15) is 26.3 Å². The summed E-state index contributed by atoms with van der Waals surface area (Å²) < 4.78 is 103. The second-order valence-electron chi connectivity index (χ2n) is 4.96. The molecule has 1 rings (SSSR count). The van der Waals surface area contributed by atoms with Crippen molar-refractivity contribution in [1.82, 2.24) is 9.97 Å². The van der Waals surface area contributed by atoms with Crippen molar-refractivity contribution in [1.29, 1.82) is 0 Å². The summed E-state index contributed by atoms with van der Waals surface area (Å²) in [4.78, 5) is 6.31. The summed E-state index contributed by atoms with van der Waals surface area (Å²) in [5.74, 6) is -14.8. The van der Waals surface area contributed by atoms with Crippen LogP contribution in [0.2, 0.25) is 5.15 Å². The normalized spacial score (nSPS) is 13.5. The Labute approximate surface area is 141 Å². The van der Waals surface area contributed by atoms with E-state index in [-0.39, 0.29) is 17.7 Å². The number of nitrogens with zero attached hydrogens (tertiary/aromatic N) is 3. The van der Waals surface area contributed by atoms with Gasteiger partial charge in [0.25, 0.3) is 0 Å². The molecule has 0 atom stereocenters. The van der Waals surface area contributed by atoms with Crippen LogP contribution in [-0.4, -0.2) is 34.3 Å². The molecule has 0 fully saturated rings. The topological polar surface area (TPSA) is 52.1 Å². The van der Waals surface area contributed by atoms with Crippen molar-refractivity contribution in [2.45, 2.75) is 51.0 Å². The second-order valence-corrected chi connectivity index (χ2v) is 5.32. The number of aromatic nitrogens is 2. The first kappa shape index (κ1) is 21.6. The Hall–Kier alpha value is -1.43. The Kier molecular flexibility index (Phi) is 6.10.